The van der Waals surface area contributed by atoms with Crippen LogP contribution >= 0.6 is 0 Å². The second kappa shape index (κ2) is 9.72. The molecule has 0 aliphatic rings. The van der Waals surface area contributed by atoms with E-state index in [2.05, 4.69) is 17.4 Å². The summed E-state index contributed by atoms with van der Waals surface area (Å²) in [6.07, 6.45) is 1.83. The molecule has 2 aromatic carbocycles. The summed E-state index contributed by atoms with van der Waals surface area (Å²) < 4.78 is 11.1. The van der Waals surface area contributed by atoms with Gasteiger partial charge in [-0.2, -0.15) is 0 Å². The molecule has 4 nitrogen and oxygen atoms in total. The van der Waals surface area contributed by atoms with Gasteiger partial charge in [-0.1, -0.05) is 24.3 Å². The van der Waals surface area contributed by atoms with Crippen LogP contribution in [0.25, 0.3) is 0 Å². The molecule has 1 N–H and O–H groups in total. The van der Waals surface area contributed by atoms with E-state index in [-0.39, 0.29) is 12.0 Å². The van der Waals surface area contributed by atoms with Crippen LogP contribution in [0.15, 0.2) is 48.5 Å². The van der Waals surface area contributed by atoms with Gasteiger partial charge in [-0.15, -0.1) is 0 Å². The third kappa shape index (κ3) is 6.14. The van der Waals surface area contributed by atoms with Crippen molar-refractivity contribution in [2.45, 2.75) is 39.7 Å². The van der Waals surface area contributed by atoms with Crippen molar-refractivity contribution in [3.63, 3.8) is 0 Å². The zero-order chi connectivity index (χ0) is 18.1. The second-order valence-corrected chi connectivity index (χ2v) is 6.10. The summed E-state index contributed by atoms with van der Waals surface area (Å²) in [6, 6.07) is 15.4. The van der Waals surface area contributed by atoms with Gasteiger partial charge in [-0.05, 0) is 63.4 Å². The smallest absolute Gasteiger partial charge is 0.255 e. The zero-order valence-electron chi connectivity index (χ0n) is 15.2. The molecule has 0 aromatic heterocycles. The van der Waals surface area contributed by atoms with E-state index < -0.39 is 0 Å². The number of carbonyl (C=O) groups excluding carboxylic acids is 1. The van der Waals surface area contributed by atoms with Gasteiger partial charge < -0.3 is 14.8 Å². The molecule has 0 saturated carbocycles. The van der Waals surface area contributed by atoms with Gasteiger partial charge in [0.1, 0.15) is 11.5 Å². The minimum Gasteiger partial charge on any atom is -0.494 e. The Morgan fingerprint density at radius 1 is 1.08 bits per heavy atom. The quantitative estimate of drug-likeness (QED) is 0.694. The van der Waals surface area contributed by atoms with Crippen LogP contribution in [0.2, 0.25) is 0 Å². The number of aryl methyl sites for hydroxylation is 1. The van der Waals surface area contributed by atoms with Crippen molar-refractivity contribution in [3.8, 4) is 11.5 Å². The topological polar surface area (TPSA) is 47.6 Å². The standard InChI is InChI=1S/C21H27NO3/c1-4-24-18-13-11-17(12-14-18)8-7-15-22-21(23)19-9-5-6-10-20(19)25-16(2)3/h5-6,9-14,16H,4,7-8,15H2,1-3H3,(H,22,23). The molecule has 134 valence electrons. The van der Waals surface area contributed by atoms with Crippen LogP contribution in [0, 0.1) is 0 Å². The van der Waals surface area contributed by atoms with Crippen molar-refractivity contribution < 1.29 is 14.3 Å². The zero-order valence-corrected chi connectivity index (χ0v) is 15.2. The summed E-state index contributed by atoms with van der Waals surface area (Å²) in [7, 11) is 0. The van der Waals surface area contributed by atoms with E-state index in [4.69, 9.17) is 9.47 Å². The lowest BCUT2D eigenvalue weighted by atomic mass is 10.1. The van der Waals surface area contributed by atoms with Crippen molar-refractivity contribution in [1.29, 1.82) is 0 Å². The molecular weight excluding hydrogens is 314 g/mol. The van der Waals surface area contributed by atoms with Crippen molar-refractivity contribution in [2.75, 3.05) is 13.2 Å². The van der Waals surface area contributed by atoms with E-state index in [1.54, 1.807) is 6.07 Å². The molecule has 2 rings (SSSR count). The normalized spacial score (nSPS) is 10.6. The molecule has 0 bridgehead atoms. The van der Waals surface area contributed by atoms with Crippen LogP contribution in [0.5, 0.6) is 11.5 Å². The summed E-state index contributed by atoms with van der Waals surface area (Å²) in [5.74, 6) is 1.42. The van der Waals surface area contributed by atoms with E-state index in [0.717, 1.165) is 18.6 Å². The van der Waals surface area contributed by atoms with E-state index in [1.807, 2.05) is 51.1 Å². The first-order valence-corrected chi connectivity index (χ1v) is 8.85. The molecule has 0 fully saturated rings. The predicted octanol–water partition coefficient (Wildman–Crippen LogP) is 4.24. The maximum Gasteiger partial charge on any atom is 0.255 e. The Labute approximate surface area is 150 Å². The Kier molecular flexibility index (Phi) is 7.33. The molecule has 2 aromatic rings. The Balaban J connectivity index is 1.81. The van der Waals surface area contributed by atoms with Crippen LogP contribution in [0.3, 0.4) is 0 Å². The Morgan fingerprint density at radius 2 is 1.80 bits per heavy atom. The fourth-order valence-corrected chi connectivity index (χ4v) is 2.52. The SMILES string of the molecule is CCOc1ccc(CCCNC(=O)c2ccccc2OC(C)C)cc1. The molecular formula is C21H27NO3. The lowest BCUT2D eigenvalue weighted by Crippen LogP contribution is -2.25. The second-order valence-electron chi connectivity index (χ2n) is 6.10. The fraction of sp³-hybridized carbons (Fsp3) is 0.381. The number of para-hydroxylation sites is 1. The van der Waals surface area contributed by atoms with Crippen LogP contribution in [0.4, 0.5) is 0 Å². The first-order chi connectivity index (χ1) is 12.1. The molecule has 0 aliphatic carbocycles. The van der Waals surface area contributed by atoms with Crippen molar-refractivity contribution in [2.24, 2.45) is 0 Å². The largest absolute Gasteiger partial charge is 0.494 e. The summed E-state index contributed by atoms with van der Waals surface area (Å²) in [6.45, 7) is 7.17. The monoisotopic (exact) mass is 341 g/mol. The average Bonchev–Trinajstić information content (AvgIpc) is 2.60. The highest BCUT2D eigenvalue weighted by Crippen LogP contribution is 2.19. The number of carbonyl (C=O) groups is 1. The molecule has 0 spiro atoms. The Morgan fingerprint density at radius 3 is 2.48 bits per heavy atom. The molecule has 0 radical (unpaired) electrons. The Bertz CT molecular complexity index is 665. The minimum atomic E-state index is -0.0945. The van der Waals surface area contributed by atoms with Crippen LogP contribution < -0.4 is 14.8 Å². The number of benzene rings is 2. The first-order valence-electron chi connectivity index (χ1n) is 8.85. The minimum absolute atomic E-state index is 0.0357. The third-order valence-corrected chi connectivity index (χ3v) is 3.66. The van der Waals surface area contributed by atoms with E-state index >= 15 is 0 Å². The maximum absolute atomic E-state index is 12.4. The van der Waals surface area contributed by atoms with Gasteiger partial charge in [0.15, 0.2) is 0 Å². The number of amides is 1. The van der Waals surface area contributed by atoms with Gasteiger partial charge in [0.05, 0.1) is 18.3 Å². The molecule has 25 heavy (non-hydrogen) atoms. The van der Waals surface area contributed by atoms with Gasteiger partial charge in [0, 0.05) is 6.54 Å². The number of ether oxygens (including phenoxy) is 2. The molecule has 4 heteroatoms. The number of nitrogens with one attached hydrogen (secondary N) is 1. The molecule has 0 aliphatic heterocycles. The van der Waals surface area contributed by atoms with Crippen molar-refractivity contribution in [1.82, 2.24) is 5.32 Å². The fourth-order valence-electron chi connectivity index (χ4n) is 2.52. The van der Waals surface area contributed by atoms with Gasteiger partial charge in [0.25, 0.3) is 5.91 Å². The lowest BCUT2D eigenvalue weighted by Gasteiger charge is -2.14. The number of hydrogen-bond acceptors (Lipinski definition) is 3. The maximum atomic E-state index is 12.4. The third-order valence-electron chi connectivity index (χ3n) is 3.66. The summed E-state index contributed by atoms with van der Waals surface area (Å²) in [4.78, 5) is 12.4. The highest BCUT2D eigenvalue weighted by molar-refractivity contribution is 5.96. The highest BCUT2D eigenvalue weighted by Gasteiger charge is 2.12. The number of rotatable bonds is 9. The lowest BCUT2D eigenvalue weighted by molar-refractivity contribution is 0.0947. The van der Waals surface area contributed by atoms with Crippen LogP contribution in [-0.4, -0.2) is 25.2 Å². The van der Waals surface area contributed by atoms with Crippen LogP contribution in [0.1, 0.15) is 43.1 Å². The molecule has 0 unspecified atom stereocenters. The first kappa shape index (κ1) is 18.8. The van der Waals surface area contributed by atoms with E-state index in [9.17, 15) is 4.79 Å². The predicted molar refractivity (Wildman–Crippen MR) is 100 cm³/mol. The van der Waals surface area contributed by atoms with Gasteiger partial charge >= 0.3 is 0 Å². The molecule has 1 amide bonds. The highest BCUT2D eigenvalue weighted by atomic mass is 16.5. The van der Waals surface area contributed by atoms with E-state index in [1.165, 1.54) is 5.56 Å². The summed E-state index contributed by atoms with van der Waals surface area (Å²) in [5.41, 5.74) is 1.82. The molecule has 0 saturated heterocycles. The van der Waals surface area contributed by atoms with Crippen molar-refractivity contribution in [3.05, 3.63) is 59.7 Å². The van der Waals surface area contributed by atoms with Crippen molar-refractivity contribution >= 4 is 5.91 Å². The van der Waals surface area contributed by atoms with Gasteiger partial charge in [-0.25, -0.2) is 0 Å². The summed E-state index contributed by atoms with van der Waals surface area (Å²) >= 11 is 0. The molecule has 0 atom stereocenters. The number of hydrogen-bond donors (Lipinski definition) is 1. The van der Waals surface area contributed by atoms with Gasteiger partial charge in [-0.3, -0.25) is 4.79 Å². The van der Waals surface area contributed by atoms with Gasteiger partial charge in [0.2, 0.25) is 0 Å². The summed E-state index contributed by atoms with van der Waals surface area (Å²) in [5, 5.41) is 2.97. The molecule has 0 heterocycles. The van der Waals surface area contributed by atoms with E-state index in [0.29, 0.717) is 24.5 Å². The Hall–Kier alpha value is -2.49. The van der Waals surface area contributed by atoms with Crippen LogP contribution in [-0.2, 0) is 6.42 Å². The average molecular weight is 341 g/mol.